The van der Waals surface area contributed by atoms with E-state index in [9.17, 15) is 4.79 Å². The Labute approximate surface area is 178 Å². The second kappa shape index (κ2) is 7.53. The highest BCUT2D eigenvalue weighted by molar-refractivity contribution is 9.10. The molecule has 1 atom stereocenters. The molecule has 2 aliphatic rings. The lowest BCUT2D eigenvalue weighted by atomic mass is 9.88. The van der Waals surface area contributed by atoms with Crippen molar-refractivity contribution in [2.75, 3.05) is 18.1 Å². The Morgan fingerprint density at radius 1 is 0.931 bits per heavy atom. The topological polar surface area (TPSA) is 29.5 Å². The molecule has 3 nitrogen and oxygen atoms in total. The van der Waals surface area contributed by atoms with Crippen LogP contribution in [0.2, 0.25) is 0 Å². The molecule has 144 valence electrons. The zero-order chi connectivity index (χ0) is 19.8. The van der Waals surface area contributed by atoms with Crippen LogP contribution in [0, 0.1) is 0 Å². The number of rotatable bonds is 4. The summed E-state index contributed by atoms with van der Waals surface area (Å²) in [6, 6.07) is 26.8. The van der Waals surface area contributed by atoms with E-state index in [2.05, 4.69) is 69.4 Å². The molecule has 4 heteroatoms. The van der Waals surface area contributed by atoms with E-state index in [1.807, 2.05) is 30.3 Å². The molecule has 3 aromatic carbocycles. The van der Waals surface area contributed by atoms with Gasteiger partial charge in [-0.2, -0.15) is 0 Å². The zero-order valence-corrected chi connectivity index (χ0v) is 17.4. The highest BCUT2D eigenvalue weighted by Crippen LogP contribution is 2.45. The Morgan fingerprint density at radius 2 is 1.66 bits per heavy atom. The second-order valence-electron chi connectivity index (χ2n) is 7.46. The van der Waals surface area contributed by atoms with Crippen LogP contribution in [-0.4, -0.2) is 19.1 Å². The smallest absolute Gasteiger partial charge is 0.339 e. The number of ether oxygens (including phenoxy) is 1. The first-order chi connectivity index (χ1) is 14.2. The number of anilines is 1. The summed E-state index contributed by atoms with van der Waals surface area (Å²) >= 11 is 3.51. The number of halogens is 1. The van der Waals surface area contributed by atoms with E-state index < -0.39 is 0 Å². The van der Waals surface area contributed by atoms with Crippen molar-refractivity contribution in [3.05, 3.63) is 106 Å². The number of para-hydroxylation sites is 1. The molecule has 3 aromatic rings. The van der Waals surface area contributed by atoms with Gasteiger partial charge in [-0.15, -0.1) is 0 Å². The monoisotopic (exact) mass is 445 g/mol. The van der Waals surface area contributed by atoms with Gasteiger partial charge in [0, 0.05) is 29.2 Å². The Balaban J connectivity index is 1.53. The number of nitrogens with zero attached hydrogens (tertiary/aromatic N) is 1. The van der Waals surface area contributed by atoms with Crippen LogP contribution in [0.1, 0.15) is 22.6 Å². The van der Waals surface area contributed by atoms with Gasteiger partial charge >= 0.3 is 5.97 Å². The van der Waals surface area contributed by atoms with Crippen molar-refractivity contribution in [1.29, 1.82) is 0 Å². The summed E-state index contributed by atoms with van der Waals surface area (Å²) in [5.74, 6) is -0.0571. The van der Waals surface area contributed by atoms with Gasteiger partial charge < -0.3 is 9.64 Å². The van der Waals surface area contributed by atoms with E-state index in [4.69, 9.17) is 4.74 Å². The minimum Gasteiger partial charge on any atom is -0.457 e. The SMILES string of the molecule is O=C1OCC([C@H]2CN(Cc3ccc(Br)cc3)c3ccccc32)=C1c1ccccc1. The van der Waals surface area contributed by atoms with Gasteiger partial charge in [0.05, 0.1) is 5.57 Å². The van der Waals surface area contributed by atoms with Gasteiger partial charge in [0.15, 0.2) is 0 Å². The van der Waals surface area contributed by atoms with Gasteiger partial charge in [-0.3, -0.25) is 0 Å². The molecule has 29 heavy (non-hydrogen) atoms. The van der Waals surface area contributed by atoms with Crippen LogP contribution >= 0.6 is 15.9 Å². The fraction of sp³-hybridized carbons (Fsp3) is 0.160. The highest BCUT2D eigenvalue weighted by Gasteiger charge is 2.37. The van der Waals surface area contributed by atoms with Crippen molar-refractivity contribution < 1.29 is 9.53 Å². The van der Waals surface area contributed by atoms with Crippen molar-refractivity contribution in [3.8, 4) is 0 Å². The van der Waals surface area contributed by atoms with E-state index in [1.54, 1.807) is 0 Å². The third kappa shape index (κ3) is 3.38. The third-order valence-corrected chi connectivity index (χ3v) is 6.24. The maximum atomic E-state index is 12.6. The maximum Gasteiger partial charge on any atom is 0.339 e. The molecule has 2 heterocycles. The first kappa shape index (κ1) is 18.2. The summed E-state index contributed by atoms with van der Waals surface area (Å²) < 4.78 is 6.57. The number of fused-ring (bicyclic) bond motifs is 1. The summed E-state index contributed by atoms with van der Waals surface area (Å²) in [6.07, 6.45) is 0. The van der Waals surface area contributed by atoms with Crippen LogP contribution < -0.4 is 4.90 Å². The molecular formula is C25H20BrNO2. The summed E-state index contributed by atoms with van der Waals surface area (Å²) in [5.41, 5.74) is 6.53. The van der Waals surface area contributed by atoms with E-state index in [1.165, 1.54) is 16.8 Å². The molecule has 0 N–H and O–H groups in total. The highest BCUT2D eigenvalue weighted by atomic mass is 79.9. The van der Waals surface area contributed by atoms with Crippen molar-refractivity contribution >= 4 is 33.2 Å². The number of hydrogen-bond acceptors (Lipinski definition) is 3. The lowest BCUT2D eigenvalue weighted by Gasteiger charge is -2.20. The van der Waals surface area contributed by atoms with E-state index in [0.29, 0.717) is 6.61 Å². The van der Waals surface area contributed by atoms with Gasteiger partial charge in [0.1, 0.15) is 6.61 Å². The van der Waals surface area contributed by atoms with Crippen LogP contribution in [0.5, 0.6) is 0 Å². The fourth-order valence-corrected chi connectivity index (χ4v) is 4.61. The molecule has 0 unspecified atom stereocenters. The fourth-order valence-electron chi connectivity index (χ4n) is 4.35. The normalized spacial score (nSPS) is 18.2. The van der Waals surface area contributed by atoms with Gasteiger partial charge in [0.25, 0.3) is 0 Å². The Bertz CT molecular complexity index is 1090. The predicted molar refractivity (Wildman–Crippen MR) is 119 cm³/mol. The van der Waals surface area contributed by atoms with E-state index >= 15 is 0 Å². The average molecular weight is 446 g/mol. The van der Waals surface area contributed by atoms with Crippen molar-refractivity contribution in [1.82, 2.24) is 0 Å². The quantitative estimate of drug-likeness (QED) is 0.492. The van der Waals surface area contributed by atoms with Gasteiger partial charge in [-0.05, 0) is 40.5 Å². The number of cyclic esters (lactones) is 1. The summed E-state index contributed by atoms with van der Waals surface area (Å²) in [7, 11) is 0. The van der Waals surface area contributed by atoms with Crippen molar-refractivity contribution in [3.63, 3.8) is 0 Å². The van der Waals surface area contributed by atoms with Crippen LogP contribution in [0.3, 0.4) is 0 Å². The van der Waals surface area contributed by atoms with Gasteiger partial charge in [-0.1, -0.05) is 76.6 Å². The summed E-state index contributed by atoms with van der Waals surface area (Å²) in [5, 5.41) is 0. The largest absolute Gasteiger partial charge is 0.457 e. The van der Waals surface area contributed by atoms with Crippen LogP contribution in [0.15, 0.2) is 88.9 Å². The minimum absolute atomic E-state index is 0.156. The number of carbonyl (C=O) groups excluding carboxylic acids is 1. The molecule has 0 aliphatic carbocycles. The standard InChI is InChI=1S/C25H20BrNO2/c26-19-12-10-17(11-13-19)14-27-15-21(20-8-4-5-9-23(20)27)22-16-29-25(28)24(22)18-6-2-1-3-7-18/h1-13,21H,14-16H2/t21-/m0/s1. The van der Waals surface area contributed by atoms with E-state index in [-0.39, 0.29) is 11.9 Å². The summed E-state index contributed by atoms with van der Waals surface area (Å²) in [4.78, 5) is 15.0. The zero-order valence-electron chi connectivity index (χ0n) is 15.8. The first-order valence-corrected chi connectivity index (χ1v) is 10.5. The van der Waals surface area contributed by atoms with Crippen LogP contribution in [-0.2, 0) is 16.1 Å². The first-order valence-electron chi connectivity index (χ1n) is 9.74. The number of hydrogen-bond donors (Lipinski definition) is 0. The number of esters is 1. The molecule has 5 rings (SSSR count). The molecule has 0 aromatic heterocycles. The Hall–Kier alpha value is -2.85. The molecule has 0 bridgehead atoms. The predicted octanol–water partition coefficient (Wildman–Crippen LogP) is 5.56. The number of benzene rings is 3. The molecule has 0 spiro atoms. The third-order valence-electron chi connectivity index (χ3n) is 5.71. The van der Waals surface area contributed by atoms with Crippen LogP contribution in [0.4, 0.5) is 5.69 Å². The molecule has 2 aliphatic heterocycles. The van der Waals surface area contributed by atoms with Crippen molar-refractivity contribution in [2.45, 2.75) is 12.5 Å². The maximum absolute atomic E-state index is 12.6. The molecule has 0 radical (unpaired) electrons. The number of carbonyl (C=O) groups is 1. The average Bonchev–Trinajstić information content (AvgIpc) is 3.31. The van der Waals surface area contributed by atoms with Gasteiger partial charge in [-0.25, -0.2) is 4.79 Å². The van der Waals surface area contributed by atoms with Crippen LogP contribution in [0.25, 0.3) is 5.57 Å². The molecular weight excluding hydrogens is 426 g/mol. The Kier molecular flexibility index (Phi) is 4.72. The lowest BCUT2D eigenvalue weighted by Crippen LogP contribution is -2.22. The lowest BCUT2D eigenvalue weighted by molar-refractivity contribution is -0.134. The second-order valence-corrected chi connectivity index (χ2v) is 8.38. The Morgan fingerprint density at radius 3 is 2.45 bits per heavy atom. The molecule has 0 fully saturated rings. The van der Waals surface area contributed by atoms with E-state index in [0.717, 1.165) is 34.3 Å². The molecule has 0 saturated carbocycles. The molecule has 0 amide bonds. The molecule has 0 saturated heterocycles. The van der Waals surface area contributed by atoms with Crippen molar-refractivity contribution in [2.24, 2.45) is 0 Å². The minimum atomic E-state index is -0.213. The van der Waals surface area contributed by atoms with Gasteiger partial charge in [0.2, 0.25) is 0 Å². The summed E-state index contributed by atoms with van der Waals surface area (Å²) in [6.45, 7) is 2.05.